The van der Waals surface area contributed by atoms with E-state index in [4.69, 9.17) is 10.5 Å². The van der Waals surface area contributed by atoms with Crippen LogP contribution in [0.2, 0.25) is 0 Å². The van der Waals surface area contributed by atoms with Crippen LogP contribution in [0.3, 0.4) is 0 Å². The standard InChI is InChI=1S/C10H22N2O2/c1-8(2)7-9(11)10(13)12-5-4-6-14-3/h8-9H,4-7,11H2,1-3H3,(H,12,13). The van der Waals surface area contributed by atoms with E-state index in [0.717, 1.165) is 12.8 Å². The molecule has 0 aromatic heterocycles. The van der Waals surface area contributed by atoms with Gasteiger partial charge in [0.05, 0.1) is 6.04 Å². The number of ether oxygens (including phenoxy) is 1. The zero-order valence-electron chi connectivity index (χ0n) is 9.38. The summed E-state index contributed by atoms with van der Waals surface area (Å²) in [5.74, 6) is 0.393. The number of carbonyl (C=O) groups excluding carboxylic acids is 1. The van der Waals surface area contributed by atoms with Gasteiger partial charge in [-0.1, -0.05) is 13.8 Å². The van der Waals surface area contributed by atoms with Gasteiger partial charge in [0.2, 0.25) is 5.91 Å². The van der Waals surface area contributed by atoms with Crippen molar-refractivity contribution in [3.8, 4) is 0 Å². The van der Waals surface area contributed by atoms with E-state index in [-0.39, 0.29) is 11.9 Å². The first-order chi connectivity index (χ1) is 6.57. The Kier molecular flexibility index (Phi) is 7.42. The second-order valence-electron chi connectivity index (χ2n) is 3.87. The van der Waals surface area contributed by atoms with E-state index < -0.39 is 0 Å². The number of hydrogen-bond donors (Lipinski definition) is 2. The van der Waals surface area contributed by atoms with Crippen molar-refractivity contribution < 1.29 is 9.53 Å². The van der Waals surface area contributed by atoms with Gasteiger partial charge < -0.3 is 15.8 Å². The molecule has 0 saturated heterocycles. The van der Waals surface area contributed by atoms with Gasteiger partial charge in [0.15, 0.2) is 0 Å². The van der Waals surface area contributed by atoms with Crippen LogP contribution >= 0.6 is 0 Å². The molecular weight excluding hydrogens is 180 g/mol. The van der Waals surface area contributed by atoms with Crippen LogP contribution in [-0.4, -0.2) is 32.2 Å². The van der Waals surface area contributed by atoms with Crippen molar-refractivity contribution >= 4 is 5.91 Å². The van der Waals surface area contributed by atoms with Gasteiger partial charge in [-0.05, 0) is 18.8 Å². The first-order valence-electron chi connectivity index (χ1n) is 5.10. The number of nitrogens with two attached hydrogens (primary N) is 1. The quantitative estimate of drug-likeness (QED) is 0.591. The molecule has 3 N–H and O–H groups in total. The second-order valence-corrected chi connectivity index (χ2v) is 3.87. The molecule has 0 aliphatic carbocycles. The summed E-state index contributed by atoms with van der Waals surface area (Å²) in [6, 6.07) is -0.377. The van der Waals surface area contributed by atoms with Crippen molar-refractivity contribution in [1.82, 2.24) is 5.32 Å². The Hall–Kier alpha value is -0.610. The summed E-state index contributed by atoms with van der Waals surface area (Å²) in [5.41, 5.74) is 5.69. The molecular formula is C10H22N2O2. The fraction of sp³-hybridized carbons (Fsp3) is 0.900. The summed E-state index contributed by atoms with van der Waals surface area (Å²) < 4.78 is 4.87. The van der Waals surface area contributed by atoms with E-state index in [9.17, 15) is 4.79 Å². The van der Waals surface area contributed by atoms with Crippen molar-refractivity contribution in [3.05, 3.63) is 0 Å². The molecule has 0 rings (SSSR count). The topological polar surface area (TPSA) is 64.3 Å². The number of rotatable bonds is 7. The van der Waals surface area contributed by atoms with E-state index >= 15 is 0 Å². The lowest BCUT2D eigenvalue weighted by atomic mass is 10.0. The van der Waals surface area contributed by atoms with Crippen LogP contribution in [0.25, 0.3) is 0 Å². The first kappa shape index (κ1) is 13.4. The molecule has 0 spiro atoms. The van der Waals surface area contributed by atoms with Gasteiger partial charge in [-0.3, -0.25) is 4.79 Å². The average Bonchev–Trinajstić information content (AvgIpc) is 2.11. The van der Waals surface area contributed by atoms with Crippen molar-refractivity contribution in [2.24, 2.45) is 11.7 Å². The lowest BCUT2D eigenvalue weighted by Crippen LogP contribution is -2.41. The maximum Gasteiger partial charge on any atom is 0.236 e. The highest BCUT2D eigenvalue weighted by Crippen LogP contribution is 2.02. The molecule has 1 amide bonds. The van der Waals surface area contributed by atoms with Gasteiger partial charge >= 0.3 is 0 Å². The number of hydrogen-bond acceptors (Lipinski definition) is 3. The summed E-state index contributed by atoms with van der Waals surface area (Å²) in [6.45, 7) is 5.41. The van der Waals surface area contributed by atoms with E-state index in [2.05, 4.69) is 19.2 Å². The third-order valence-corrected chi connectivity index (χ3v) is 1.89. The maximum absolute atomic E-state index is 11.4. The Balaban J connectivity index is 3.52. The second kappa shape index (κ2) is 7.76. The molecule has 14 heavy (non-hydrogen) atoms. The van der Waals surface area contributed by atoms with Crippen molar-refractivity contribution in [3.63, 3.8) is 0 Å². The monoisotopic (exact) mass is 202 g/mol. The summed E-state index contributed by atoms with van der Waals surface area (Å²) in [5, 5.41) is 2.78. The third kappa shape index (κ3) is 6.86. The molecule has 0 aliphatic rings. The molecule has 84 valence electrons. The zero-order valence-corrected chi connectivity index (χ0v) is 9.38. The normalized spacial score (nSPS) is 12.9. The van der Waals surface area contributed by atoms with E-state index in [1.54, 1.807) is 7.11 Å². The first-order valence-corrected chi connectivity index (χ1v) is 5.10. The predicted molar refractivity (Wildman–Crippen MR) is 56.9 cm³/mol. The Bertz CT molecular complexity index is 160. The highest BCUT2D eigenvalue weighted by atomic mass is 16.5. The minimum Gasteiger partial charge on any atom is -0.385 e. The SMILES string of the molecule is COCCCNC(=O)C(N)CC(C)C. The van der Waals surface area contributed by atoms with Crippen molar-refractivity contribution in [2.45, 2.75) is 32.7 Å². The number of nitrogens with one attached hydrogen (secondary N) is 1. The minimum absolute atomic E-state index is 0.0604. The molecule has 4 heteroatoms. The van der Waals surface area contributed by atoms with Crippen LogP contribution in [-0.2, 0) is 9.53 Å². The number of amides is 1. The Morgan fingerprint density at radius 3 is 2.64 bits per heavy atom. The molecule has 0 radical (unpaired) electrons. The zero-order chi connectivity index (χ0) is 11.0. The van der Waals surface area contributed by atoms with Crippen LogP contribution in [0.4, 0.5) is 0 Å². The largest absolute Gasteiger partial charge is 0.385 e. The predicted octanol–water partition coefficient (Wildman–Crippen LogP) is 0.513. The van der Waals surface area contributed by atoms with Crippen LogP contribution in [0.15, 0.2) is 0 Å². The minimum atomic E-state index is -0.377. The highest BCUT2D eigenvalue weighted by molar-refractivity contribution is 5.81. The van der Waals surface area contributed by atoms with Gasteiger partial charge in [-0.2, -0.15) is 0 Å². The highest BCUT2D eigenvalue weighted by Gasteiger charge is 2.13. The smallest absolute Gasteiger partial charge is 0.236 e. The molecule has 0 saturated carbocycles. The lowest BCUT2D eigenvalue weighted by Gasteiger charge is -2.13. The number of carbonyl (C=O) groups is 1. The fourth-order valence-electron chi connectivity index (χ4n) is 1.17. The molecule has 0 aromatic carbocycles. The van der Waals surface area contributed by atoms with E-state index in [1.165, 1.54) is 0 Å². The summed E-state index contributed by atoms with van der Waals surface area (Å²) >= 11 is 0. The molecule has 0 fully saturated rings. The van der Waals surface area contributed by atoms with Crippen LogP contribution in [0.5, 0.6) is 0 Å². The maximum atomic E-state index is 11.4. The fourth-order valence-corrected chi connectivity index (χ4v) is 1.17. The van der Waals surface area contributed by atoms with Crippen LogP contribution < -0.4 is 11.1 Å². The third-order valence-electron chi connectivity index (χ3n) is 1.89. The van der Waals surface area contributed by atoms with Gasteiger partial charge in [0.1, 0.15) is 0 Å². The van der Waals surface area contributed by atoms with Gasteiger partial charge in [-0.15, -0.1) is 0 Å². The summed E-state index contributed by atoms with van der Waals surface area (Å²) in [6.07, 6.45) is 1.56. The molecule has 4 nitrogen and oxygen atoms in total. The summed E-state index contributed by atoms with van der Waals surface area (Å²) in [7, 11) is 1.65. The van der Waals surface area contributed by atoms with Crippen molar-refractivity contribution in [2.75, 3.05) is 20.3 Å². The molecule has 0 heterocycles. The molecule has 0 aromatic rings. The lowest BCUT2D eigenvalue weighted by molar-refractivity contribution is -0.122. The van der Waals surface area contributed by atoms with Gasteiger partial charge in [0, 0.05) is 20.3 Å². The van der Waals surface area contributed by atoms with Crippen molar-refractivity contribution in [1.29, 1.82) is 0 Å². The number of methoxy groups -OCH3 is 1. The Morgan fingerprint density at radius 1 is 1.50 bits per heavy atom. The van der Waals surface area contributed by atoms with E-state index in [0.29, 0.717) is 19.1 Å². The van der Waals surface area contributed by atoms with E-state index in [1.807, 2.05) is 0 Å². The molecule has 0 bridgehead atoms. The Labute approximate surface area is 86.2 Å². The summed E-state index contributed by atoms with van der Waals surface area (Å²) in [4.78, 5) is 11.4. The molecule has 0 aliphatic heterocycles. The van der Waals surface area contributed by atoms with Crippen LogP contribution in [0.1, 0.15) is 26.7 Å². The molecule has 1 unspecified atom stereocenters. The Morgan fingerprint density at radius 2 is 2.14 bits per heavy atom. The van der Waals surface area contributed by atoms with Gasteiger partial charge in [0.25, 0.3) is 0 Å². The van der Waals surface area contributed by atoms with Crippen LogP contribution in [0, 0.1) is 5.92 Å². The molecule has 1 atom stereocenters. The van der Waals surface area contributed by atoms with Gasteiger partial charge in [-0.25, -0.2) is 0 Å². The average molecular weight is 202 g/mol.